The summed E-state index contributed by atoms with van der Waals surface area (Å²) in [6.45, 7) is 3.09. The molecule has 0 aliphatic heterocycles. The Hall–Kier alpha value is -0.860. The van der Waals surface area contributed by atoms with E-state index in [1.807, 2.05) is 0 Å². The van der Waals surface area contributed by atoms with Gasteiger partial charge in [0.15, 0.2) is 0 Å². The van der Waals surface area contributed by atoms with Crippen LogP contribution in [-0.2, 0) is 12.8 Å². The molecule has 2 atom stereocenters. The molecule has 2 heteroatoms. The molecule has 0 saturated heterocycles. The Labute approximate surface area is 118 Å². The lowest BCUT2D eigenvalue weighted by atomic mass is 9.85. The van der Waals surface area contributed by atoms with Gasteiger partial charge in [0.05, 0.1) is 0 Å². The molecule has 19 heavy (non-hydrogen) atoms. The topological polar surface area (TPSA) is 29.3 Å². The Balaban J connectivity index is 2.26. The molecule has 0 radical (unpaired) electrons. The molecule has 0 bridgehead atoms. The van der Waals surface area contributed by atoms with E-state index in [2.05, 4.69) is 44.1 Å². The number of nitrogens with zero attached hydrogens (tertiary/aromatic N) is 1. The Morgan fingerprint density at radius 2 is 1.84 bits per heavy atom. The lowest BCUT2D eigenvalue weighted by Crippen LogP contribution is -2.27. The smallest absolute Gasteiger partial charge is 0.0368 e. The van der Waals surface area contributed by atoms with Gasteiger partial charge in [-0.05, 0) is 75.4 Å². The molecule has 0 spiro atoms. The van der Waals surface area contributed by atoms with Crippen molar-refractivity contribution in [3.63, 3.8) is 0 Å². The maximum absolute atomic E-state index is 5.74. The second-order valence-electron chi connectivity index (χ2n) is 6.20. The minimum atomic E-state index is 0.482. The van der Waals surface area contributed by atoms with Crippen LogP contribution in [0.4, 0.5) is 0 Å². The van der Waals surface area contributed by atoms with Crippen molar-refractivity contribution in [3.8, 4) is 0 Å². The van der Waals surface area contributed by atoms with Crippen molar-refractivity contribution in [1.29, 1.82) is 0 Å². The molecule has 0 saturated carbocycles. The van der Waals surface area contributed by atoms with Crippen LogP contribution in [-0.4, -0.2) is 25.5 Å². The summed E-state index contributed by atoms with van der Waals surface area (Å²) >= 11 is 0. The van der Waals surface area contributed by atoms with Gasteiger partial charge in [0.2, 0.25) is 0 Å². The van der Waals surface area contributed by atoms with E-state index in [1.54, 1.807) is 11.1 Å². The summed E-state index contributed by atoms with van der Waals surface area (Å²) in [5.41, 5.74) is 10.3. The van der Waals surface area contributed by atoms with Crippen LogP contribution in [0.1, 0.15) is 48.9 Å². The summed E-state index contributed by atoms with van der Waals surface area (Å²) in [5.74, 6) is 0.599. The molecule has 2 unspecified atom stereocenters. The van der Waals surface area contributed by atoms with Gasteiger partial charge in [0, 0.05) is 6.04 Å². The third-order valence-electron chi connectivity index (χ3n) is 4.43. The average Bonchev–Trinajstić information content (AvgIpc) is 2.38. The highest BCUT2D eigenvalue weighted by Gasteiger charge is 2.22. The van der Waals surface area contributed by atoms with Crippen molar-refractivity contribution >= 4 is 0 Å². The predicted octanol–water partition coefficient (Wildman–Crippen LogP) is 3.15. The van der Waals surface area contributed by atoms with Gasteiger partial charge in [-0.1, -0.05) is 25.1 Å². The van der Waals surface area contributed by atoms with Crippen LogP contribution in [0, 0.1) is 5.92 Å². The highest BCUT2D eigenvalue weighted by atomic mass is 15.1. The van der Waals surface area contributed by atoms with E-state index in [1.165, 1.54) is 31.2 Å². The van der Waals surface area contributed by atoms with Crippen molar-refractivity contribution in [3.05, 3.63) is 34.9 Å². The number of benzene rings is 1. The maximum atomic E-state index is 5.74. The van der Waals surface area contributed by atoms with Crippen LogP contribution in [0.3, 0.4) is 0 Å². The molecule has 0 aromatic heterocycles. The Morgan fingerprint density at radius 3 is 2.47 bits per heavy atom. The van der Waals surface area contributed by atoms with Crippen molar-refractivity contribution in [2.75, 3.05) is 20.6 Å². The van der Waals surface area contributed by atoms with Gasteiger partial charge in [-0.3, -0.25) is 0 Å². The zero-order valence-electron chi connectivity index (χ0n) is 12.7. The molecule has 106 valence electrons. The Kier molecular flexibility index (Phi) is 5.00. The lowest BCUT2D eigenvalue weighted by Gasteiger charge is -2.31. The molecule has 0 heterocycles. The van der Waals surface area contributed by atoms with Crippen LogP contribution < -0.4 is 5.73 Å². The molecule has 0 fully saturated rings. The molecule has 1 aliphatic carbocycles. The molecule has 1 aromatic rings. The number of nitrogens with two attached hydrogens (primary N) is 1. The zero-order valence-corrected chi connectivity index (χ0v) is 12.7. The summed E-state index contributed by atoms with van der Waals surface area (Å²) in [7, 11) is 4.36. The summed E-state index contributed by atoms with van der Waals surface area (Å²) < 4.78 is 0. The van der Waals surface area contributed by atoms with E-state index in [4.69, 9.17) is 5.73 Å². The van der Waals surface area contributed by atoms with Gasteiger partial charge >= 0.3 is 0 Å². The first-order valence-electron chi connectivity index (χ1n) is 7.61. The quantitative estimate of drug-likeness (QED) is 0.881. The van der Waals surface area contributed by atoms with Gasteiger partial charge in [-0.2, -0.15) is 0 Å². The van der Waals surface area contributed by atoms with Crippen LogP contribution in [0.15, 0.2) is 18.2 Å². The minimum Gasteiger partial charge on any atom is -0.330 e. The molecule has 0 amide bonds. The van der Waals surface area contributed by atoms with E-state index in [-0.39, 0.29) is 0 Å². The van der Waals surface area contributed by atoms with E-state index >= 15 is 0 Å². The lowest BCUT2D eigenvalue weighted by molar-refractivity contribution is 0.216. The van der Waals surface area contributed by atoms with E-state index in [0.717, 1.165) is 13.0 Å². The number of aryl methyl sites for hydroxylation is 2. The normalized spacial score (nSPS) is 18.2. The van der Waals surface area contributed by atoms with Crippen LogP contribution in [0.5, 0.6) is 0 Å². The van der Waals surface area contributed by atoms with Gasteiger partial charge in [-0.15, -0.1) is 0 Å². The Bertz CT molecular complexity index is 412. The van der Waals surface area contributed by atoms with Gasteiger partial charge in [0.1, 0.15) is 0 Å². The first kappa shape index (κ1) is 14.5. The van der Waals surface area contributed by atoms with Crippen LogP contribution >= 0.6 is 0 Å². The highest BCUT2D eigenvalue weighted by molar-refractivity contribution is 5.35. The summed E-state index contributed by atoms with van der Waals surface area (Å²) in [6.07, 6.45) is 6.31. The molecule has 2 N–H and O–H groups in total. The minimum absolute atomic E-state index is 0.482. The van der Waals surface area contributed by atoms with Crippen LogP contribution in [0.25, 0.3) is 0 Å². The maximum Gasteiger partial charge on any atom is 0.0368 e. The van der Waals surface area contributed by atoms with E-state index in [9.17, 15) is 0 Å². The second kappa shape index (κ2) is 6.53. The first-order chi connectivity index (χ1) is 9.13. The van der Waals surface area contributed by atoms with Crippen molar-refractivity contribution in [2.24, 2.45) is 11.7 Å². The van der Waals surface area contributed by atoms with Crippen molar-refractivity contribution in [1.82, 2.24) is 4.90 Å². The largest absolute Gasteiger partial charge is 0.330 e. The van der Waals surface area contributed by atoms with Gasteiger partial charge < -0.3 is 10.6 Å². The number of rotatable bonds is 5. The number of hydrogen-bond donors (Lipinski definition) is 1. The fourth-order valence-corrected chi connectivity index (χ4v) is 3.49. The monoisotopic (exact) mass is 260 g/mol. The Morgan fingerprint density at radius 1 is 1.16 bits per heavy atom. The molecular weight excluding hydrogens is 232 g/mol. The predicted molar refractivity (Wildman–Crippen MR) is 82.3 cm³/mol. The number of fused-ring (bicyclic) bond motifs is 1. The standard InChI is InChI=1S/C17H28N2/c1-13(10-11-18)17(19(2)3)16-9-8-14-6-4-5-7-15(14)12-16/h8-9,12-13,17H,4-7,10-11,18H2,1-3H3. The van der Waals surface area contributed by atoms with E-state index < -0.39 is 0 Å². The van der Waals surface area contributed by atoms with Crippen molar-refractivity contribution in [2.45, 2.75) is 45.1 Å². The van der Waals surface area contributed by atoms with E-state index in [0.29, 0.717) is 12.0 Å². The summed E-state index contributed by atoms with van der Waals surface area (Å²) in [6, 6.07) is 7.62. The fourth-order valence-electron chi connectivity index (χ4n) is 3.49. The van der Waals surface area contributed by atoms with Gasteiger partial charge in [0.25, 0.3) is 0 Å². The molecular formula is C17H28N2. The third-order valence-corrected chi connectivity index (χ3v) is 4.43. The second-order valence-corrected chi connectivity index (χ2v) is 6.20. The fraction of sp³-hybridized carbons (Fsp3) is 0.647. The van der Waals surface area contributed by atoms with Gasteiger partial charge in [-0.25, -0.2) is 0 Å². The SMILES string of the molecule is CC(CCN)C(c1ccc2c(c1)CCCC2)N(C)C. The molecule has 2 rings (SSSR count). The molecule has 1 aliphatic rings. The number of hydrogen-bond acceptors (Lipinski definition) is 2. The van der Waals surface area contributed by atoms with Crippen LogP contribution in [0.2, 0.25) is 0 Å². The summed E-state index contributed by atoms with van der Waals surface area (Å²) in [5, 5.41) is 0. The average molecular weight is 260 g/mol. The summed E-state index contributed by atoms with van der Waals surface area (Å²) in [4.78, 5) is 2.34. The van der Waals surface area contributed by atoms with Crippen molar-refractivity contribution < 1.29 is 0 Å². The third kappa shape index (κ3) is 3.37. The zero-order chi connectivity index (χ0) is 13.8. The first-order valence-corrected chi connectivity index (χ1v) is 7.61. The molecule has 1 aromatic carbocycles. The highest BCUT2D eigenvalue weighted by Crippen LogP contribution is 2.31. The molecule has 2 nitrogen and oxygen atoms in total.